The Morgan fingerprint density at radius 2 is 1.83 bits per heavy atom. The number of thiocarbonyl (C=S) groups is 1. The van der Waals surface area contributed by atoms with Gasteiger partial charge in [0.2, 0.25) is 0 Å². The van der Waals surface area contributed by atoms with Crippen LogP contribution < -0.4 is 15.4 Å². The molecule has 0 saturated heterocycles. The predicted octanol–water partition coefficient (Wildman–Crippen LogP) is 5.79. The summed E-state index contributed by atoms with van der Waals surface area (Å²) in [5.74, 6) is 0.158. The van der Waals surface area contributed by atoms with Crippen molar-refractivity contribution in [3.63, 3.8) is 0 Å². The van der Waals surface area contributed by atoms with Crippen LogP contribution in [0.1, 0.15) is 15.9 Å². The number of nitrogens with one attached hydrogen (secondary N) is 2. The van der Waals surface area contributed by atoms with Crippen molar-refractivity contribution in [3.8, 4) is 5.75 Å². The van der Waals surface area contributed by atoms with Crippen molar-refractivity contribution in [1.29, 1.82) is 0 Å². The Morgan fingerprint density at radius 3 is 2.62 bits per heavy atom. The Labute approximate surface area is 181 Å². The monoisotopic (exact) mass is 468 g/mol. The summed E-state index contributed by atoms with van der Waals surface area (Å²) >= 11 is 8.73. The topological polar surface area (TPSA) is 63.5 Å². The van der Waals surface area contributed by atoms with Gasteiger partial charge in [0.05, 0.1) is 12.7 Å². The van der Waals surface area contributed by atoms with Gasteiger partial charge in [0.15, 0.2) is 5.11 Å². The number of ether oxygens (including phenoxy) is 1. The Kier molecular flexibility index (Phi) is 5.25. The first kappa shape index (κ1) is 19.4. The highest BCUT2D eigenvalue weighted by Gasteiger charge is 2.17. The molecular formula is C22H17BrN2O3S. The zero-order valence-electron chi connectivity index (χ0n) is 15.7. The molecule has 0 spiro atoms. The molecule has 0 atom stereocenters. The average molecular weight is 469 g/mol. The minimum Gasteiger partial charge on any atom is -0.496 e. The van der Waals surface area contributed by atoms with Crippen LogP contribution in [0.3, 0.4) is 0 Å². The van der Waals surface area contributed by atoms with Gasteiger partial charge in [-0.3, -0.25) is 10.1 Å². The molecule has 0 aliphatic carbocycles. The summed E-state index contributed by atoms with van der Waals surface area (Å²) in [7, 11) is 1.53. The van der Waals surface area contributed by atoms with Crippen LogP contribution >= 0.6 is 28.1 Å². The summed E-state index contributed by atoms with van der Waals surface area (Å²) < 4.78 is 12.0. The number of methoxy groups -OCH3 is 1. The molecule has 4 aromatic rings. The molecule has 0 unspecified atom stereocenters. The van der Waals surface area contributed by atoms with E-state index in [-0.39, 0.29) is 11.0 Å². The van der Waals surface area contributed by atoms with Crippen LogP contribution in [0.5, 0.6) is 5.75 Å². The molecule has 0 aliphatic heterocycles. The van der Waals surface area contributed by atoms with E-state index in [1.54, 1.807) is 6.07 Å². The third kappa shape index (κ3) is 3.83. The number of hydrogen-bond donors (Lipinski definition) is 2. The summed E-state index contributed by atoms with van der Waals surface area (Å²) in [6, 6.07) is 17.2. The number of fused-ring (bicyclic) bond motifs is 3. The van der Waals surface area contributed by atoms with Gasteiger partial charge in [0.1, 0.15) is 16.9 Å². The first-order chi connectivity index (χ1) is 14.0. The molecule has 0 bridgehead atoms. The molecule has 7 heteroatoms. The molecular weight excluding hydrogens is 452 g/mol. The van der Waals surface area contributed by atoms with Crippen LogP contribution in [-0.4, -0.2) is 18.1 Å². The normalized spacial score (nSPS) is 10.9. The van der Waals surface area contributed by atoms with Crippen LogP contribution in [0.15, 0.2) is 63.5 Å². The Morgan fingerprint density at radius 1 is 1.07 bits per heavy atom. The molecule has 1 heterocycles. The first-order valence-corrected chi connectivity index (χ1v) is 10.0. The van der Waals surface area contributed by atoms with Gasteiger partial charge in [-0.1, -0.05) is 34.1 Å². The Bertz CT molecular complexity index is 1270. The van der Waals surface area contributed by atoms with E-state index in [1.165, 1.54) is 7.11 Å². The van der Waals surface area contributed by atoms with Crippen molar-refractivity contribution in [2.45, 2.75) is 6.92 Å². The fourth-order valence-corrected chi connectivity index (χ4v) is 4.09. The van der Waals surface area contributed by atoms with Gasteiger partial charge >= 0.3 is 0 Å². The maximum Gasteiger partial charge on any atom is 0.261 e. The zero-order valence-corrected chi connectivity index (χ0v) is 18.1. The molecule has 0 saturated carbocycles. The number of benzene rings is 3. The largest absolute Gasteiger partial charge is 0.496 e. The smallest absolute Gasteiger partial charge is 0.261 e. The van der Waals surface area contributed by atoms with E-state index < -0.39 is 0 Å². The molecule has 0 aliphatic rings. The number of carbonyl (C=O) groups is 1. The van der Waals surface area contributed by atoms with Gasteiger partial charge in [0.25, 0.3) is 5.91 Å². The van der Waals surface area contributed by atoms with E-state index >= 15 is 0 Å². The number of carbonyl (C=O) groups excluding carboxylic acids is 1. The van der Waals surface area contributed by atoms with Gasteiger partial charge in [-0.2, -0.15) is 0 Å². The summed E-state index contributed by atoms with van der Waals surface area (Å²) in [5.41, 5.74) is 3.54. The predicted molar refractivity (Wildman–Crippen MR) is 123 cm³/mol. The average Bonchev–Trinajstić information content (AvgIpc) is 3.05. The van der Waals surface area contributed by atoms with Crippen molar-refractivity contribution in [3.05, 3.63) is 70.2 Å². The van der Waals surface area contributed by atoms with Crippen LogP contribution in [-0.2, 0) is 0 Å². The summed E-state index contributed by atoms with van der Waals surface area (Å²) in [5, 5.41) is 8.00. The van der Waals surface area contributed by atoms with E-state index in [1.807, 2.05) is 55.5 Å². The second-order valence-corrected chi connectivity index (χ2v) is 7.84. The van der Waals surface area contributed by atoms with Gasteiger partial charge in [-0.25, -0.2) is 0 Å². The summed E-state index contributed by atoms with van der Waals surface area (Å²) in [6.45, 7) is 1.87. The molecule has 5 nitrogen and oxygen atoms in total. The van der Waals surface area contributed by atoms with Gasteiger partial charge in [0, 0.05) is 27.0 Å². The summed E-state index contributed by atoms with van der Waals surface area (Å²) in [6.07, 6.45) is 0. The number of hydrogen-bond acceptors (Lipinski definition) is 4. The molecule has 0 radical (unpaired) electrons. The molecule has 4 rings (SSSR count). The molecule has 3 aromatic carbocycles. The molecule has 1 amide bonds. The maximum absolute atomic E-state index is 12.7. The van der Waals surface area contributed by atoms with Crippen molar-refractivity contribution in [1.82, 2.24) is 5.32 Å². The highest BCUT2D eigenvalue weighted by atomic mass is 79.9. The summed E-state index contributed by atoms with van der Waals surface area (Å²) in [4.78, 5) is 12.7. The van der Waals surface area contributed by atoms with Crippen molar-refractivity contribution >= 4 is 66.8 Å². The van der Waals surface area contributed by atoms with Crippen LogP contribution in [0.25, 0.3) is 21.9 Å². The molecule has 2 N–H and O–H groups in total. The number of furan rings is 1. The Balaban J connectivity index is 1.54. The highest BCUT2D eigenvalue weighted by Crippen LogP contribution is 2.30. The molecule has 1 aromatic heterocycles. The van der Waals surface area contributed by atoms with E-state index in [2.05, 4.69) is 26.6 Å². The van der Waals surface area contributed by atoms with Crippen LogP contribution in [0.2, 0.25) is 0 Å². The number of rotatable bonds is 3. The number of aryl methyl sites for hydroxylation is 1. The van der Waals surface area contributed by atoms with Gasteiger partial charge in [-0.15, -0.1) is 0 Å². The van der Waals surface area contributed by atoms with Crippen LogP contribution in [0, 0.1) is 6.92 Å². The number of amides is 1. The van der Waals surface area contributed by atoms with Crippen LogP contribution in [0.4, 0.5) is 5.69 Å². The fraction of sp³-hybridized carbons (Fsp3) is 0.0909. The molecule has 0 fully saturated rings. The zero-order chi connectivity index (χ0) is 20.5. The van der Waals surface area contributed by atoms with Crippen molar-refractivity contribution in [2.24, 2.45) is 0 Å². The Hall–Kier alpha value is -2.90. The highest BCUT2D eigenvalue weighted by molar-refractivity contribution is 9.10. The quantitative estimate of drug-likeness (QED) is 0.372. The first-order valence-electron chi connectivity index (χ1n) is 8.84. The number of halogens is 1. The van der Waals surface area contributed by atoms with E-state index in [0.29, 0.717) is 11.3 Å². The van der Waals surface area contributed by atoms with Crippen molar-refractivity contribution < 1.29 is 13.9 Å². The fourth-order valence-electron chi connectivity index (χ4n) is 3.31. The maximum atomic E-state index is 12.7. The number of anilines is 1. The van der Waals surface area contributed by atoms with E-state index in [9.17, 15) is 4.79 Å². The van der Waals surface area contributed by atoms with E-state index in [4.69, 9.17) is 21.4 Å². The lowest BCUT2D eigenvalue weighted by Crippen LogP contribution is -2.34. The lowest BCUT2D eigenvalue weighted by atomic mass is 10.1. The lowest BCUT2D eigenvalue weighted by Gasteiger charge is -2.13. The lowest BCUT2D eigenvalue weighted by molar-refractivity contribution is 0.0974. The number of para-hydroxylation sites is 1. The third-order valence-corrected chi connectivity index (χ3v) is 5.21. The minimum atomic E-state index is -0.353. The second kappa shape index (κ2) is 7.85. The van der Waals surface area contributed by atoms with E-state index in [0.717, 1.165) is 37.7 Å². The van der Waals surface area contributed by atoms with Gasteiger partial charge in [-0.05, 0) is 55.0 Å². The molecule has 146 valence electrons. The standard InChI is InChI=1S/C22H17BrN2O3S/c1-12-9-13(23)10-17(20(12)27-2)21(26)25-22(29)24-14-7-8-16-15-5-3-4-6-18(15)28-19(16)11-14/h3-11H,1-2H3,(H2,24,25,26,29). The van der Waals surface area contributed by atoms with Crippen molar-refractivity contribution in [2.75, 3.05) is 12.4 Å². The third-order valence-electron chi connectivity index (χ3n) is 4.55. The van der Waals surface area contributed by atoms with Gasteiger partial charge < -0.3 is 14.5 Å². The SMILES string of the molecule is COc1c(C)cc(Br)cc1C(=O)NC(=S)Nc1ccc2c(c1)oc1ccccc12. The minimum absolute atomic E-state index is 0.185. The molecule has 29 heavy (non-hydrogen) atoms. The second-order valence-electron chi connectivity index (χ2n) is 6.52.